The van der Waals surface area contributed by atoms with Crippen LogP contribution < -0.4 is 5.32 Å². The van der Waals surface area contributed by atoms with E-state index in [9.17, 15) is 9.90 Å². The van der Waals surface area contributed by atoms with Crippen molar-refractivity contribution in [1.82, 2.24) is 19.6 Å². The van der Waals surface area contributed by atoms with Crippen LogP contribution >= 0.6 is 11.8 Å². The van der Waals surface area contributed by atoms with Gasteiger partial charge in [-0.15, -0.1) is 5.10 Å². The summed E-state index contributed by atoms with van der Waals surface area (Å²) >= 11 is 1.44. The number of carbonyl (C=O) groups excluding carboxylic acids is 1. The molecule has 0 spiro atoms. The number of amides is 1. The molecule has 1 aromatic carbocycles. The predicted molar refractivity (Wildman–Crippen MR) is 92.5 cm³/mol. The van der Waals surface area contributed by atoms with E-state index in [1.54, 1.807) is 22.7 Å². The number of hydrogen-bond acceptors (Lipinski definition) is 6. The third-order valence-corrected chi connectivity index (χ3v) is 4.27. The molecule has 0 unspecified atom stereocenters. The first kappa shape index (κ1) is 16.3. The zero-order valence-electron chi connectivity index (χ0n) is 13.6. The molecule has 1 amide bonds. The average molecular weight is 343 g/mol. The summed E-state index contributed by atoms with van der Waals surface area (Å²) in [7, 11) is 0. The summed E-state index contributed by atoms with van der Waals surface area (Å²) in [4.78, 5) is 21.1. The van der Waals surface area contributed by atoms with E-state index in [2.05, 4.69) is 20.4 Å². The summed E-state index contributed by atoms with van der Waals surface area (Å²) in [6.45, 7) is 3.74. The van der Waals surface area contributed by atoms with Crippen LogP contribution in [0.1, 0.15) is 17.0 Å². The van der Waals surface area contributed by atoms with E-state index in [0.717, 1.165) is 17.0 Å². The van der Waals surface area contributed by atoms with Crippen molar-refractivity contribution in [3.8, 4) is 5.75 Å². The molecule has 0 fully saturated rings. The first-order valence-electron chi connectivity index (χ1n) is 7.34. The highest BCUT2D eigenvalue weighted by molar-refractivity contribution is 7.98. The highest BCUT2D eigenvalue weighted by Crippen LogP contribution is 2.22. The Hall–Kier alpha value is -2.61. The van der Waals surface area contributed by atoms with Gasteiger partial charge in [-0.25, -0.2) is 9.50 Å². The number of aryl methyl sites for hydroxylation is 2. The molecular formula is C16H17N5O2S. The topological polar surface area (TPSA) is 92.4 Å². The van der Waals surface area contributed by atoms with E-state index < -0.39 is 0 Å². The van der Waals surface area contributed by atoms with E-state index in [-0.39, 0.29) is 18.1 Å². The highest BCUT2D eigenvalue weighted by Gasteiger charge is 2.16. The lowest BCUT2D eigenvalue weighted by Gasteiger charge is -2.11. The standard InChI is InChI=1S/C16H17N5O2S/c1-9-11(8-14(23)18-12-6-4-5-7-13(12)22)10(2)21-15(17-9)19-16(20-21)24-3/h4-7,22H,8H2,1-3H3,(H,18,23). The number of aromatic nitrogens is 4. The second-order valence-electron chi connectivity index (χ2n) is 5.31. The lowest BCUT2D eigenvalue weighted by atomic mass is 10.1. The molecule has 0 saturated carbocycles. The van der Waals surface area contributed by atoms with Crippen molar-refractivity contribution >= 4 is 29.1 Å². The Bertz CT molecular complexity index is 922. The van der Waals surface area contributed by atoms with E-state index >= 15 is 0 Å². The van der Waals surface area contributed by atoms with Gasteiger partial charge in [0, 0.05) is 17.0 Å². The molecule has 0 aliphatic carbocycles. The van der Waals surface area contributed by atoms with E-state index in [0.29, 0.717) is 16.6 Å². The number of fused-ring (bicyclic) bond motifs is 1. The Kier molecular flexibility index (Phi) is 4.39. The van der Waals surface area contributed by atoms with Crippen LogP contribution in [0.25, 0.3) is 5.78 Å². The molecule has 0 bridgehead atoms. The van der Waals surface area contributed by atoms with Gasteiger partial charge in [-0.3, -0.25) is 4.79 Å². The minimum Gasteiger partial charge on any atom is -0.506 e. The molecular weight excluding hydrogens is 326 g/mol. The fourth-order valence-electron chi connectivity index (χ4n) is 2.47. The molecule has 2 aromatic heterocycles. The maximum absolute atomic E-state index is 12.3. The van der Waals surface area contributed by atoms with Crippen molar-refractivity contribution in [3.63, 3.8) is 0 Å². The SMILES string of the molecule is CSc1nc2nc(C)c(CC(=O)Nc3ccccc3O)c(C)n2n1. The van der Waals surface area contributed by atoms with Gasteiger partial charge in [0.2, 0.25) is 11.1 Å². The molecule has 0 saturated heterocycles. The molecule has 24 heavy (non-hydrogen) atoms. The van der Waals surface area contributed by atoms with Crippen molar-refractivity contribution in [1.29, 1.82) is 0 Å². The third kappa shape index (κ3) is 3.05. The van der Waals surface area contributed by atoms with Gasteiger partial charge in [0.05, 0.1) is 12.1 Å². The van der Waals surface area contributed by atoms with Crippen molar-refractivity contribution in [2.75, 3.05) is 11.6 Å². The van der Waals surface area contributed by atoms with Crippen molar-refractivity contribution < 1.29 is 9.90 Å². The first-order chi connectivity index (χ1) is 11.5. The van der Waals surface area contributed by atoms with Crippen LogP contribution in [0.3, 0.4) is 0 Å². The van der Waals surface area contributed by atoms with Crippen LogP contribution in [0.5, 0.6) is 5.75 Å². The van der Waals surface area contributed by atoms with Gasteiger partial charge >= 0.3 is 0 Å². The summed E-state index contributed by atoms with van der Waals surface area (Å²) in [5, 5.41) is 17.5. The maximum atomic E-state index is 12.3. The second kappa shape index (κ2) is 6.48. The van der Waals surface area contributed by atoms with Gasteiger partial charge < -0.3 is 10.4 Å². The number of aromatic hydroxyl groups is 1. The van der Waals surface area contributed by atoms with Crippen molar-refractivity contribution in [2.24, 2.45) is 0 Å². The highest BCUT2D eigenvalue weighted by atomic mass is 32.2. The molecule has 2 heterocycles. The number of carbonyl (C=O) groups is 1. The van der Waals surface area contributed by atoms with Crippen LogP contribution in [0.15, 0.2) is 29.4 Å². The van der Waals surface area contributed by atoms with Gasteiger partial charge in [0.25, 0.3) is 5.78 Å². The Labute approximate surface area is 143 Å². The largest absolute Gasteiger partial charge is 0.506 e. The number of nitrogens with zero attached hydrogens (tertiary/aromatic N) is 4. The van der Waals surface area contributed by atoms with Crippen molar-refractivity contribution in [2.45, 2.75) is 25.4 Å². The fourth-order valence-corrected chi connectivity index (χ4v) is 2.80. The molecule has 0 aliphatic heterocycles. The van der Waals surface area contributed by atoms with Gasteiger partial charge in [-0.05, 0) is 32.2 Å². The van der Waals surface area contributed by atoms with Gasteiger partial charge in [-0.2, -0.15) is 4.98 Å². The Morgan fingerprint density at radius 2 is 2.04 bits per heavy atom. The number of para-hydroxylation sites is 2. The van der Waals surface area contributed by atoms with Gasteiger partial charge in [-0.1, -0.05) is 23.9 Å². The van der Waals surface area contributed by atoms with Crippen LogP contribution in [0, 0.1) is 13.8 Å². The van der Waals surface area contributed by atoms with Gasteiger partial charge in [0.15, 0.2) is 0 Å². The number of phenolic OH excluding ortho intramolecular Hbond substituents is 1. The summed E-state index contributed by atoms with van der Waals surface area (Å²) in [5.41, 5.74) is 2.76. The lowest BCUT2D eigenvalue weighted by molar-refractivity contribution is -0.115. The fraction of sp³-hybridized carbons (Fsp3) is 0.250. The zero-order chi connectivity index (χ0) is 17.3. The number of benzene rings is 1. The molecule has 8 heteroatoms. The van der Waals surface area contributed by atoms with Crippen LogP contribution in [-0.4, -0.2) is 36.9 Å². The van der Waals surface area contributed by atoms with Crippen LogP contribution in [-0.2, 0) is 11.2 Å². The number of nitrogens with one attached hydrogen (secondary N) is 1. The van der Waals surface area contributed by atoms with E-state index in [4.69, 9.17) is 0 Å². The van der Waals surface area contributed by atoms with Gasteiger partial charge in [0.1, 0.15) is 5.75 Å². The second-order valence-corrected chi connectivity index (χ2v) is 6.09. The average Bonchev–Trinajstić information content (AvgIpc) is 2.97. The number of thioether (sulfide) groups is 1. The smallest absolute Gasteiger partial charge is 0.253 e. The van der Waals surface area contributed by atoms with Crippen LogP contribution in [0.2, 0.25) is 0 Å². The number of anilines is 1. The van der Waals surface area contributed by atoms with E-state index in [1.165, 1.54) is 17.8 Å². The minimum atomic E-state index is -0.228. The third-order valence-electron chi connectivity index (χ3n) is 3.73. The van der Waals surface area contributed by atoms with Crippen LogP contribution in [0.4, 0.5) is 5.69 Å². The predicted octanol–water partition coefficient (Wildman–Crippen LogP) is 2.35. The lowest BCUT2D eigenvalue weighted by Crippen LogP contribution is -2.17. The zero-order valence-corrected chi connectivity index (χ0v) is 14.4. The normalized spacial score (nSPS) is 11.0. The summed E-state index contributed by atoms with van der Waals surface area (Å²) in [6, 6.07) is 6.62. The Balaban J connectivity index is 1.89. The van der Waals surface area contributed by atoms with Crippen molar-refractivity contribution in [3.05, 3.63) is 41.2 Å². The summed E-state index contributed by atoms with van der Waals surface area (Å²) in [6.07, 6.45) is 2.04. The Morgan fingerprint density at radius 3 is 2.75 bits per heavy atom. The molecule has 7 nitrogen and oxygen atoms in total. The molecule has 3 aromatic rings. The first-order valence-corrected chi connectivity index (χ1v) is 8.56. The maximum Gasteiger partial charge on any atom is 0.253 e. The number of rotatable bonds is 4. The molecule has 3 rings (SSSR count). The monoisotopic (exact) mass is 343 g/mol. The molecule has 2 N–H and O–H groups in total. The Morgan fingerprint density at radius 1 is 1.29 bits per heavy atom. The quantitative estimate of drug-likeness (QED) is 0.558. The summed E-state index contributed by atoms with van der Waals surface area (Å²) in [5.74, 6) is 0.335. The van der Waals surface area contributed by atoms with E-state index in [1.807, 2.05) is 20.1 Å². The number of phenols is 1. The molecule has 0 aliphatic rings. The minimum absolute atomic E-state index is 0.0359. The molecule has 0 atom stereocenters. The molecule has 124 valence electrons. The summed E-state index contributed by atoms with van der Waals surface area (Å²) < 4.78 is 1.65. The number of hydrogen-bond donors (Lipinski definition) is 2. The molecule has 0 radical (unpaired) electrons.